The van der Waals surface area contributed by atoms with Crippen molar-refractivity contribution in [1.29, 1.82) is 0 Å². The quantitative estimate of drug-likeness (QED) is 0.508. The lowest BCUT2D eigenvalue weighted by molar-refractivity contribution is 0.0548. The Hall–Kier alpha value is -2.42. The smallest absolute Gasteiger partial charge is 0.320 e. The minimum absolute atomic E-state index is 0.0287. The molecule has 2 fully saturated rings. The Kier molecular flexibility index (Phi) is 6.40. The molecular weight excluding hydrogens is 468 g/mol. The molecule has 1 aromatic carbocycles. The molecule has 2 amide bonds. The summed E-state index contributed by atoms with van der Waals surface area (Å²) < 4.78 is 18.9. The maximum absolute atomic E-state index is 13.4. The lowest BCUT2D eigenvalue weighted by Crippen LogP contribution is -2.40. The number of aromatic nitrogens is 3. The minimum Gasteiger partial charge on any atom is -0.381 e. The maximum atomic E-state index is 13.4. The fraction of sp³-hybridized carbons (Fsp3) is 0.435. The largest absolute Gasteiger partial charge is 0.381 e. The minimum atomic E-state index is -0.583. The summed E-state index contributed by atoms with van der Waals surface area (Å²) in [6.07, 6.45) is 2.52. The highest BCUT2D eigenvalue weighted by atomic mass is 35.5. The van der Waals surface area contributed by atoms with Crippen molar-refractivity contribution in [3.05, 3.63) is 57.7 Å². The van der Waals surface area contributed by atoms with E-state index in [0.717, 1.165) is 31.6 Å². The second-order valence-corrected chi connectivity index (χ2v) is 9.50. The third kappa shape index (κ3) is 4.93. The Balaban J connectivity index is 1.37. The number of rotatable bonds is 6. The first-order chi connectivity index (χ1) is 16.0. The highest BCUT2D eigenvalue weighted by Crippen LogP contribution is 2.29. The number of nitrogens with one attached hydrogen (secondary N) is 1. The summed E-state index contributed by atoms with van der Waals surface area (Å²) >= 11 is 12.5. The molecule has 0 radical (unpaired) electrons. The molecule has 2 aliphatic heterocycles. The standard InChI is InChI=1S/C23H24Cl2FN5O2/c24-16-2-1-15(18(25)10-16)9-17-12-30(23(32)31(17)11-14-5-7-33-8-6-14)13-21-27-19-3-4-20(26)28-22(19)29-21/h1-4,10,14,17H,5-9,11-13H2,(H,27,28,29). The fourth-order valence-electron chi connectivity index (χ4n) is 4.63. The van der Waals surface area contributed by atoms with Gasteiger partial charge < -0.3 is 19.5 Å². The van der Waals surface area contributed by atoms with Gasteiger partial charge in [0, 0.05) is 36.3 Å². The van der Waals surface area contributed by atoms with Crippen LogP contribution in [0.4, 0.5) is 9.18 Å². The summed E-state index contributed by atoms with van der Waals surface area (Å²) in [4.78, 5) is 28.5. The van der Waals surface area contributed by atoms with Crippen molar-refractivity contribution >= 4 is 40.4 Å². The van der Waals surface area contributed by atoms with Crippen molar-refractivity contribution in [3.63, 3.8) is 0 Å². The van der Waals surface area contributed by atoms with Gasteiger partial charge in [0.15, 0.2) is 5.65 Å². The van der Waals surface area contributed by atoms with Crippen LogP contribution < -0.4 is 0 Å². The van der Waals surface area contributed by atoms with Gasteiger partial charge in [-0.05, 0) is 55.0 Å². The third-order valence-electron chi connectivity index (χ3n) is 6.36. The van der Waals surface area contributed by atoms with E-state index >= 15 is 0 Å². The molecule has 4 heterocycles. The van der Waals surface area contributed by atoms with Gasteiger partial charge in [0.2, 0.25) is 5.95 Å². The molecule has 0 bridgehead atoms. The van der Waals surface area contributed by atoms with Gasteiger partial charge in [-0.15, -0.1) is 0 Å². The summed E-state index contributed by atoms with van der Waals surface area (Å²) in [5.41, 5.74) is 1.91. The monoisotopic (exact) mass is 491 g/mol. The molecule has 0 aliphatic carbocycles. The van der Waals surface area contributed by atoms with Crippen molar-refractivity contribution in [1.82, 2.24) is 24.8 Å². The van der Waals surface area contributed by atoms with Crippen LogP contribution in [0.1, 0.15) is 24.2 Å². The van der Waals surface area contributed by atoms with Gasteiger partial charge in [-0.1, -0.05) is 29.3 Å². The number of halogens is 3. The number of carbonyl (C=O) groups excluding carboxylic acids is 1. The maximum Gasteiger partial charge on any atom is 0.320 e. The van der Waals surface area contributed by atoms with Gasteiger partial charge in [0.05, 0.1) is 18.1 Å². The second-order valence-electron chi connectivity index (χ2n) is 8.65. The molecule has 10 heteroatoms. The zero-order valence-corrected chi connectivity index (χ0v) is 19.4. The molecule has 1 unspecified atom stereocenters. The number of hydrogen-bond acceptors (Lipinski definition) is 4. The van der Waals surface area contributed by atoms with Gasteiger partial charge in [0.1, 0.15) is 5.82 Å². The molecule has 33 heavy (non-hydrogen) atoms. The number of ether oxygens (including phenoxy) is 1. The van der Waals surface area contributed by atoms with Gasteiger partial charge in [-0.2, -0.15) is 9.37 Å². The number of carbonyl (C=O) groups is 1. The number of hydrogen-bond donors (Lipinski definition) is 1. The first-order valence-electron chi connectivity index (χ1n) is 11.0. The van der Waals surface area contributed by atoms with E-state index in [2.05, 4.69) is 15.0 Å². The summed E-state index contributed by atoms with van der Waals surface area (Å²) in [6, 6.07) is 8.30. The first kappa shape index (κ1) is 22.4. The number of pyridine rings is 1. The number of urea groups is 1. The number of aromatic amines is 1. The first-order valence-corrected chi connectivity index (χ1v) is 11.8. The molecular formula is C23H24Cl2FN5O2. The van der Waals surface area contributed by atoms with E-state index in [-0.39, 0.29) is 12.1 Å². The van der Waals surface area contributed by atoms with E-state index in [1.54, 1.807) is 17.0 Å². The SMILES string of the molecule is O=C1N(Cc2nc3nc(F)ccc3[nH]2)CC(Cc2ccc(Cl)cc2Cl)N1CC1CCOCC1. The van der Waals surface area contributed by atoms with Crippen LogP contribution in [0, 0.1) is 11.9 Å². The molecule has 0 spiro atoms. The van der Waals surface area contributed by atoms with E-state index in [1.165, 1.54) is 6.07 Å². The zero-order valence-electron chi connectivity index (χ0n) is 17.9. The summed E-state index contributed by atoms with van der Waals surface area (Å²) in [7, 11) is 0. The van der Waals surface area contributed by atoms with Gasteiger partial charge in [0.25, 0.3) is 0 Å². The fourth-order valence-corrected chi connectivity index (χ4v) is 5.11. The lowest BCUT2D eigenvalue weighted by atomic mass is 9.98. The number of fused-ring (bicyclic) bond motifs is 1. The number of amides is 2. The van der Waals surface area contributed by atoms with E-state index in [1.807, 2.05) is 17.0 Å². The summed E-state index contributed by atoms with van der Waals surface area (Å²) in [6.45, 7) is 2.98. The number of imidazole rings is 1. The van der Waals surface area contributed by atoms with Crippen molar-refractivity contribution in [2.45, 2.75) is 31.8 Å². The van der Waals surface area contributed by atoms with Crippen LogP contribution in [-0.4, -0.2) is 63.1 Å². The second kappa shape index (κ2) is 9.44. The average molecular weight is 492 g/mol. The van der Waals surface area contributed by atoms with Crippen LogP contribution >= 0.6 is 23.2 Å². The molecule has 1 atom stereocenters. The van der Waals surface area contributed by atoms with Gasteiger partial charge in [-0.25, -0.2) is 9.78 Å². The Morgan fingerprint density at radius 3 is 2.76 bits per heavy atom. The predicted octanol–water partition coefficient (Wildman–Crippen LogP) is 4.68. The number of benzene rings is 1. The lowest BCUT2D eigenvalue weighted by Gasteiger charge is -2.30. The molecule has 174 valence electrons. The van der Waals surface area contributed by atoms with Crippen LogP contribution in [0.2, 0.25) is 10.0 Å². The summed E-state index contributed by atoms with van der Waals surface area (Å²) in [5, 5.41) is 1.19. The molecule has 3 aromatic rings. The Labute approximate surface area is 200 Å². The molecule has 1 N–H and O–H groups in total. The van der Waals surface area contributed by atoms with Gasteiger partial charge >= 0.3 is 6.03 Å². The number of nitrogens with zero attached hydrogens (tertiary/aromatic N) is 4. The van der Waals surface area contributed by atoms with Crippen molar-refractivity contribution in [2.24, 2.45) is 5.92 Å². The topological polar surface area (TPSA) is 74.4 Å². The van der Waals surface area contributed by atoms with Crippen LogP contribution in [0.3, 0.4) is 0 Å². The third-order valence-corrected chi connectivity index (χ3v) is 6.94. The van der Waals surface area contributed by atoms with E-state index in [4.69, 9.17) is 27.9 Å². The van der Waals surface area contributed by atoms with Crippen LogP contribution in [0.25, 0.3) is 11.2 Å². The van der Waals surface area contributed by atoms with Crippen molar-refractivity contribution < 1.29 is 13.9 Å². The molecule has 0 saturated carbocycles. The van der Waals surface area contributed by atoms with Crippen LogP contribution in [-0.2, 0) is 17.7 Å². The molecule has 2 aromatic heterocycles. The average Bonchev–Trinajstić information content (AvgIpc) is 3.31. The Bertz CT molecular complexity index is 1170. The highest BCUT2D eigenvalue weighted by Gasteiger charge is 2.39. The Morgan fingerprint density at radius 1 is 1.15 bits per heavy atom. The van der Waals surface area contributed by atoms with Crippen molar-refractivity contribution in [2.75, 3.05) is 26.3 Å². The normalized spacial score (nSPS) is 19.7. The van der Waals surface area contributed by atoms with E-state index in [0.29, 0.717) is 59.0 Å². The Morgan fingerprint density at radius 2 is 1.97 bits per heavy atom. The van der Waals surface area contributed by atoms with Crippen molar-refractivity contribution in [3.8, 4) is 0 Å². The predicted molar refractivity (Wildman–Crippen MR) is 124 cm³/mol. The molecule has 2 aliphatic rings. The number of H-pyrrole nitrogens is 1. The van der Waals surface area contributed by atoms with E-state index in [9.17, 15) is 9.18 Å². The van der Waals surface area contributed by atoms with E-state index < -0.39 is 5.95 Å². The summed E-state index contributed by atoms with van der Waals surface area (Å²) in [5.74, 6) is 0.400. The van der Waals surface area contributed by atoms with Gasteiger partial charge in [-0.3, -0.25) is 0 Å². The molecule has 2 saturated heterocycles. The van der Waals surface area contributed by atoms with Crippen LogP contribution in [0.5, 0.6) is 0 Å². The molecule has 5 rings (SSSR count). The van der Waals surface area contributed by atoms with Crippen LogP contribution in [0.15, 0.2) is 30.3 Å². The molecule has 7 nitrogen and oxygen atoms in total. The highest BCUT2D eigenvalue weighted by molar-refractivity contribution is 6.35. The zero-order chi connectivity index (χ0) is 22.9.